The molecule has 0 amide bonds. The summed E-state index contributed by atoms with van der Waals surface area (Å²) in [7, 11) is 4.50. The molecule has 2 fully saturated rings. The van der Waals surface area contributed by atoms with E-state index in [9.17, 15) is 5.26 Å². The highest BCUT2D eigenvalue weighted by molar-refractivity contribution is 5.11. The van der Waals surface area contributed by atoms with Gasteiger partial charge in [0.15, 0.2) is 0 Å². The number of nitrogens with one attached hydrogen (secondary N) is 1. The minimum Gasteiger partial charge on any atom is -0.302 e. The summed E-state index contributed by atoms with van der Waals surface area (Å²) in [5.41, 5.74) is -0.283. The fourth-order valence-electron chi connectivity index (χ4n) is 3.98. The zero-order valence-corrected chi connectivity index (χ0v) is 14.1. The lowest BCUT2D eigenvalue weighted by molar-refractivity contribution is 0.118. The van der Waals surface area contributed by atoms with E-state index in [1.807, 2.05) is 0 Å². The molecular formula is C17H32N4. The quantitative estimate of drug-likeness (QED) is 0.815. The largest absolute Gasteiger partial charge is 0.302 e. The zero-order chi connectivity index (χ0) is 15.3. The van der Waals surface area contributed by atoms with Crippen LogP contribution >= 0.6 is 0 Å². The monoisotopic (exact) mass is 292 g/mol. The van der Waals surface area contributed by atoms with Crippen LogP contribution in [0.15, 0.2) is 0 Å². The Kier molecular flexibility index (Phi) is 6.04. The van der Waals surface area contributed by atoms with Crippen LogP contribution in [0.2, 0.25) is 0 Å². The number of likely N-dealkylation sites (N-methyl/N-ethyl adjacent to an activating group) is 2. The molecule has 1 saturated carbocycles. The van der Waals surface area contributed by atoms with E-state index in [-0.39, 0.29) is 5.54 Å². The van der Waals surface area contributed by atoms with E-state index in [1.54, 1.807) is 0 Å². The molecule has 2 rings (SSSR count). The number of nitrogens with zero attached hydrogens (tertiary/aromatic N) is 3. The second kappa shape index (κ2) is 7.58. The zero-order valence-electron chi connectivity index (χ0n) is 14.1. The lowest BCUT2D eigenvalue weighted by Gasteiger charge is -2.41. The summed E-state index contributed by atoms with van der Waals surface area (Å²) < 4.78 is 0. The molecule has 21 heavy (non-hydrogen) atoms. The second-order valence-corrected chi connectivity index (χ2v) is 7.09. The molecule has 1 N–H and O–H groups in total. The third-order valence-corrected chi connectivity index (χ3v) is 5.45. The molecule has 1 heterocycles. The number of likely N-dealkylation sites (tertiary alicyclic amines) is 1. The van der Waals surface area contributed by atoms with E-state index in [0.29, 0.717) is 12.1 Å². The Morgan fingerprint density at radius 1 is 1.38 bits per heavy atom. The number of hydrogen-bond acceptors (Lipinski definition) is 4. The van der Waals surface area contributed by atoms with Crippen LogP contribution < -0.4 is 5.32 Å². The first kappa shape index (κ1) is 16.7. The van der Waals surface area contributed by atoms with Crippen LogP contribution in [-0.2, 0) is 0 Å². The highest BCUT2D eigenvalue weighted by Crippen LogP contribution is 2.31. The van der Waals surface area contributed by atoms with E-state index in [0.717, 1.165) is 32.4 Å². The fraction of sp³-hybridized carbons (Fsp3) is 0.941. The third kappa shape index (κ3) is 4.18. The Morgan fingerprint density at radius 3 is 2.81 bits per heavy atom. The van der Waals surface area contributed by atoms with Gasteiger partial charge in [-0.1, -0.05) is 6.92 Å². The lowest BCUT2D eigenvalue weighted by Crippen LogP contribution is -2.53. The van der Waals surface area contributed by atoms with Gasteiger partial charge in [-0.15, -0.1) is 0 Å². The first-order chi connectivity index (χ1) is 10.1. The Labute approximate surface area is 130 Å². The van der Waals surface area contributed by atoms with Crippen LogP contribution in [0, 0.1) is 11.3 Å². The summed E-state index contributed by atoms with van der Waals surface area (Å²) in [5.74, 6) is 0. The van der Waals surface area contributed by atoms with E-state index in [1.165, 1.54) is 32.2 Å². The molecule has 3 unspecified atom stereocenters. The van der Waals surface area contributed by atoms with Crippen LogP contribution in [-0.4, -0.2) is 61.2 Å². The minimum atomic E-state index is -0.283. The molecule has 0 spiro atoms. The molecule has 0 aromatic heterocycles. The van der Waals surface area contributed by atoms with Crippen molar-refractivity contribution in [2.45, 2.75) is 69.5 Å². The topological polar surface area (TPSA) is 42.3 Å². The minimum absolute atomic E-state index is 0.283. The molecule has 0 bridgehead atoms. The van der Waals surface area contributed by atoms with Crippen molar-refractivity contribution in [1.29, 1.82) is 5.26 Å². The van der Waals surface area contributed by atoms with Gasteiger partial charge in [0.1, 0.15) is 5.54 Å². The Bertz CT molecular complexity index is 364. The highest BCUT2D eigenvalue weighted by atomic mass is 15.2. The van der Waals surface area contributed by atoms with E-state index >= 15 is 0 Å². The number of rotatable bonds is 6. The van der Waals surface area contributed by atoms with Crippen LogP contribution in [0.3, 0.4) is 0 Å². The van der Waals surface area contributed by atoms with Gasteiger partial charge in [-0.3, -0.25) is 5.32 Å². The number of nitriles is 1. The molecular weight excluding hydrogens is 260 g/mol. The second-order valence-electron chi connectivity index (χ2n) is 7.09. The molecule has 0 aromatic rings. The first-order valence-electron chi connectivity index (χ1n) is 8.67. The molecule has 1 aliphatic carbocycles. The smallest absolute Gasteiger partial charge is 0.108 e. The maximum absolute atomic E-state index is 9.65. The fourth-order valence-corrected chi connectivity index (χ4v) is 3.98. The van der Waals surface area contributed by atoms with E-state index in [4.69, 9.17) is 0 Å². The Hall–Kier alpha value is -0.630. The van der Waals surface area contributed by atoms with Gasteiger partial charge in [0.05, 0.1) is 6.07 Å². The first-order valence-corrected chi connectivity index (χ1v) is 8.67. The highest BCUT2D eigenvalue weighted by Gasteiger charge is 2.38. The average Bonchev–Trinajstić information content (AvgIpc) is 2.90. The van der Waals surface area contributed by atoms with E-state index < -0.39 is 0 Å². The van der Waals surface area contributed by atoms with Crippen molar-refractivity contribution in [2.75, 3.05) is 33.7 Å². The molecule has 0 aromatic carbocycles. The molecule has 0 radical (unpaired) electrons. The summed E-state index contributed by atoms with van der Waals surface area (Å²) in [6.45, 7) is 5.51. The van der Waals surface area contributed by atoms with Crippen molar-refractivity contribution in [3.05, 3.63) is 0 Å². The van der Waals surface area contributed by atoms with Gasteiger partial charge in [0.2, 0.25) is 0 Å². The summed E-state index contributed by atoms with van der Waals surface area (Å²) in [4.78, 5) is 5.01. The predicted molar refractivity (Wildman–Crippen MR) is 87.2 cm³/mol. The lowest BCUT2D eigenvalue weighted by atomic mass is 9.79. The molecule has 4 heteroatoms. The Balaban J connectivity index is 1.91. The summed E-state index contributed by atoms with van der Waals surface area (Å²) in [5, 5.41) is 13.2. The van der Waals surface area contributed by atoms with E-state index in [2.05, 4.69) is 42.2 Å². The molecule has 1 saturated heterocycles. The van der Waals surface area contributed by atoms with Crippen LogP contribution in [0.25, 0.3) is 0 Å². The summed E-state index contributed by atoms with van der Waals surface area (Å²) >= 11 is 0. The van der Waals surface area contributed by atoms with Crippen molar-refractivity contribution >= 4 is 0 Å². The van der Waals surface area contributed by atoms with Gasteiger partial charge in [-0.2, -0.15) is 5.26 Å². The van der Waals surface area contributed by atoms with Crippen molar-refractivity contribution in [1.82, 2.24) is 15.1 Å². The van der Waals surface area contributed by atoms with Crippen molar-refractivity contribution in [3.8, 4) is 6.07 Å². The normalized spacial score (nSPS) is 34.2. The van der Waals surface area contributed by atoms with Gasteiger partial charge in [0.25, 0.3) is 0 Å². The van der Waals surface area contributed by atoms with Crippen molar-refractivity contribution < 1.29 is 0 Å². The molecule has 2 aliphatic rings. The molecule has 3 atom stereocenters. The van der Waals surface area contributed by atoms with Gasteiger partial charge in [0, 0.05) is 18.6 Å². The third-order valence-electron chi connectivity index (χ3n) is 5.45. The van der Waals surface area contributed by atoms with Crippen LogP contribution in [0.4, 0.5) is 0 Å². The predicted octanol–water partition coefficient (Wildman–Crippen LogP) is 2.22. The summed E-state index contributed by atoms with van der Waals surface area (Å²) in [6, 6.07) is 3.85. The van der Waals surface area contributed by atoms with Gasteiger partial charge >= 0.3 is 0 Å². The summed E-state index contributed by atoms with van der Waals surface area (Å²) in [6.07, 6.45) is 8.15. The Morgan fingerprint density at radius 2 is 2.19 bits per heavy atom. The van der Waals surface area contributed by atoms with Gasteiger partial charge in [-0.05, 0) is 72.1 Å². The van der Waals surface area contributed by atoms with Crippen molar-refractivity contribution in [3.63, 3.8) is 0 Å². The van der Waals surface area contributed by atoms with Gasteiger partial charge in [-0.25, -0.2) is 0 Å². The standard InChI is InChI=1S/C17H32N4/c1-4-10-19-17(14-18)9-5-7-15(12-17)21(3)13-16-8-6-11-20(16)2/h15-16,19H,4-13H2,1-3H3. The van der Waals surface area contributed by atoms with Crippen LogP contribution in [0.5, 0.6) is 0 Å². The van der Waals surface area contributed by atoms with Crippen molar-refractivity contribution in [2.24, 2.45) is 0 Å². The maximum atomic E-state index is 9.65. The molecule has 4 nitrogen and oxygen atoms in total. The average molecular weight is 292 g/mol. The van der Waals surface area contributed by atoms with Crippen LogP contribution in [0.1, 0.15) is 51.9 Å². The molecule has 120 valence electrons. The van der Waals surface area contributed by atoms with Gasteiger partial charge < -0.3 is 9.80 Å². The number of hydrogen-bond donors (Lipinski definition) is 1. The SMILES string of the molecule is CCCNC1(C#N)CCCC(N(C)CC2CCCN2C)C1. The molecule has 1 aliphatic heterocycles. The maximum Gasteiger partial charge on any atom is 0.108 e.